The molecule has 6 heteroatoms. The number of guanidine groups is 1. The van der Waals surface area contributed by atoms with Crippen LogP contribution in [-0.2, 0) is 0 Å². The minimum absolute atomic E-state index is 0. The van der Waals surface area contributed by atoms with Gasteiger partial charge < -0.3 is 20.6 Å². The zero-order chi connectivity index (χ0) is 20.1. The third-order valence-corrected chi connectivity index (χ3v) is 6.20. The lowest BCUT2D eigenvalue weighted by atomic mass is 9.79. The van der Waals surface area contributed by atoms with Gasteiger partial charge in [0.05, 0.1) is 0 Å². The van der Waals surface area contributed by atoms with Crippen LogP contribution in [0.3, 0.4) is 0 Å². The smallest absolute Gasteiger partial charge is 0.191 e. The van der Waals surface area contributed by atoms with Gasteiger partial charge in [0, 0.05) is 39.3 Å². The molecule has 28 heavy (non-hydrogen) atoms. The highest BCUT2D eigenvalue weighted by Gasteiger charge is 2.25. The molecule has 0 aromatic rings. The molecule has 5 nitrogen and oxygen atoms in total. The molecule has 0 aromatic carbocycles. The number of halogens is 1. The number of likely N-dealkylation sites (tertiary alicyclic amines) is 1. The molecule has 2 atom stereocenters. The highest BCUT2D eigenvalue weighted by atomic mass is 127. The maximum atomic E-state index is 9.39. The van der Waals surface area contributed by atoms with Crippen LogP contribution in [0.5, 0.6) is 0 Å². The second kappa shape index (κ2) is 15.7. The summed E-state index contributed by atoms with van der Waals surface area (Å²) in [7, 11) is 0. The van der Waals surface area contributed by atoms with E-state index in [9.17, 15) is 5.11 Å². The number of aliphatic hydroxyl groups is 1. The molecule has 1 aliphatic rings. The Morgan fingerprint density at radius 2 is 1.71 bits per heavy atom. The van der Waals surface area contributed by atoms with Crippen molar-refractivity contribution in [1.82, 2.24) is 15.5 Å². The van der Waals surface area contributed by atoms with Gasteiger partial charge >= 0.3 is 0 Å². The van der Waals surface area contributed by atoms with Gasteiger partial charge in [0.2, 0.25) is 0 Å². The van der Waals surface area contributed by atoms with Crippen molar-refractivity contribution < 1.29 is 5.11 Å². The molecule has 0 spiro atoms. The average Bonchev–Trinajstić information content (AvgIpc) is 2.64. The van der Waals surface area contributed by atoms with Crippen LogP contribution in [0, 0.1) is 17.3 Å². The summed E-state index contributed by atoms with van der Waals surface area (Å²) in [5.74, 6) is 2.60. The lowest BCUT2D eigenvalue weighted by molar-refractivity contribution is 0.139. The maximum absolute atomic E-state index is 9.39. The Hall–Kier alpha value is -0.0800. The normalized spacial score (nSPS) is 21.3. The summed E-state index contributed by atoms with van der Waals surface area (Å²) < 4.78 is 0. The van der Waals surface area contributed by atoms with Crippen LogP contribution in [-0.4, -0.2) is 61.8 Å². The molecule has 3 N–H and O–H groups in total. The lowest BCUT2D eigenvalue weighted by Gasteiger charge is -2.35. The van der Waals surface area contributed by atoms with Crippen LogP contribution in [0.25, 0.3) is 0 Å². The van der Waals surface area contributed by atoms with E-state index >= 15 is 0 Å². The molecule has 2 unspecified atom stereocenters. The highest BCUT2D eigenvalue weighted by Crippen LogP contribution is 2.30. The monoisotopic (exact) mass is 510 g/mol. The molecule has 0 aliphatic carbocycles. The molecular formula is C22H47IN4O. The maximum Gasteiger partial charge on any atom is 0.191 e. The third-order valence-electron chi connectivity index (χ3n) is 6.20. The zero-order valence-corrected chi connectivity index (χ0v) is 21.4. The van der Waals surface area contributed by atoms with Crippen LogP contribution >= 0.6 is 24.0 Å². The number of nitrogens with one attached hydrogen (secondary N) is 2. The number of unbranched alkanes of at least 4 members (excludes halogenated alkanes) is 1. The van der Waals surface area contributed by atoms with E-state index in [0.717, 1.165) is 56.7 Å². The predicted octanol–water partition coefficient (Wildman–Crippen LogP) is 4.11. The van der Waals surface area contributed by atoms with Crippen molar-refractivity contribution in [3.8, 4) is 0 Å². The van der Waals surface area contributed by atoms with E-state index in [2.05, 4.69) is 50.2 Å². The Kier molecular flexibility index (Phi) is 15.7. The van der Waals surface area contributed by atoms with E-state index < -0.39 is 0 Å². The summed E-state index contributed by atoms with van der Waals surface area (Å²) in [6, 6.07) is 0. The molecule has 1 heterocycles. The van der Waals surface area contributed by atoms with Crippen molar-refractivity contribution >= 4 is 29.9 Å². The predicted molar refractivity (Wildman–Crippen MR) is 133 cm³/mol. The molecule has 0 saturated carbocycles. The highest BCUT2D eigenvalue weighted by molar-refractivity contribution is 14.0. The molecule has 1 aliphatic heterocycles. The van der Waals surface area contributed by atoms with Crippen molar-refractivity contribution in [1.29, 1.82) is 0 Å². The van der Waals surface area contributed by atoms with E-state index in [1.807, 2.05) is 0 Å². The Bertz CT molecular complexity index is 405. The summed E-state index contributed by atoms with van der Waals surface area (Å²) in [4.78, 5) is 7.47. The van der Waals surface area contributed by atoms with Crippen molar-refractivity contribution in [3.05, 3.63) is 0 Å². The first-order valence-electron chi connectivity index (χ1n) is 11.3. The minimum atomic E-state index is 0. The Balaban J connectivity index is 0.00000729. The van der Waals surface area contributed by atoms with Gasteiger partial charge in [0.25, 0.3) is 0 Å². The number of aliphatic hydroxyl groups excluding tert-OH is 1. The number of aliphatic imine (C=N–C) groups is 1. The Morgan fingerprint density at radius 1 is 1.07 bits per heavy atom. The largest absolute Gasteiger partial charge is 0.396 e. The van der Waals surface area contributed by atoms with Crippen molar-refractivity contribution in [2.75, 3.05) is 45.9 Å². The molecule has 168 valence electrons. The molecule has 1 saturated heterocycles. The third kappa shape index (κ3) is 10.6. The number of hydrogen-bond donors (Lipinski definition) is 3. The second-order valence-corrected chi connectivity index (χ2v) is 8.72. The molecule has 0 radical (unpaired) electrons. The van der Waals surface area contributed by atoms with Gasteiger partial charge in [-0.05, 0) is 69.2 Å². The van der Waals surface area contributed by atoms with Gasteiger partial charge in [-0.2, -0.15) is 0 Å². The fourth-order valence-electron chi connectivity index (χ4n) is 4.37. The summed E-state index contributed by atoms with van der Waals surface area (Å²) in [5, 5.41) is 16.2. The summed E-state index contributed by atoms with van der Waals surface area (Å²) in [6.45, 7) is 17.9. The van der Waals surface area contributed by atoms with Gasteiger partial charge in [-0.3, -0.25) is 4.99 Å². The van der Waals surface area contributed by atoms with Crippen LogP contribution in [0.4, 0.5) is 0 Å². The van der Waals surface area contributed by atoms with E-state index in [-0.39, 0.29) is 36.0 Å². The van der Waals surface area contributed by atoms with Crippen molar-refractivity contribution in [2.45, 2.75) is 73.1 Å². The van der Waals surface area contributed by atoms with Crippen LogP contribution in [0.2, 0.25) is 0 Å². The van der Waals surface area contributed by atoms with E-state index in [1.54, 1.807) is 0 Å². The quantitative estimate of drug-likeness (QED) is 0.160. The number of rotatable bonds is 12. The lowest BCUT2D eigenvalue weighted by Crippen LogP contribution is -2.40. The molecule has 0 aromatic heterocycles. The zero-order valence-electron chi connectivity index (χ0n) is 19.1. The number of hydrogen-bond acceptors (Lipinski definition) is 3. The van der Waals surface area contributed by atoms with Gasteiger partial charge in [-0.25, -0.2) is 0 Å². The Labute approximate surface area is 191 Å². The van der Waals surface area contributed by atoms with Gasteiger partial charge in [0.15, 0.2) is 5.96 Å². The van der Waals surface area contributed by atoms with Crippen LogP contribution < -0.4 is 10.6 Å². The van der Waals surface area contributed by atoms with E-state index in [0.29, 0.717) is 0 Å². The summed E-state index contributed by atoms with van der Waals surface area (Å²) >= 11 is 0. The fourth-order valence-corrected chi connectivity index (χ4v) is 4.37. The Morgan fingerprint density at radius 3 is 2.25 bits per heavy atom. The number of piperidine rings is 1. The van der Waals surface area contributed by atoms with Gasteiger partial charge in [-0.1, -0.05) is 27.7 Å². The van der Waals surface area contributed by atoms with Crippen LogP contribution in [0.15, 0.2) is 4.99 Å². The van der Waals surface area contributed by atoms with E-state index in [4.69, 9.17) is 4.99 Å². The minimum Gasteiger partial charge on any atom is -0.396 e. The first kappa shape index (κ1) is 27.9. The first-order chi connectivity index (χ1) is 13.0. The topological polar surface area (TPSA) is 59.9 Å². The van der Waals surface area contributed by atoms with Gasteiger partial charge in [-0.15, -0.1) is 24.0 Å². The molecule has 0 amide bonds. The fraction of sp³-hybridized carbons (Fsp3) is 0.955. The number of nitrogens with zero attached hydrogens (tertiary/aromatic N) is 2. The molecule has 1 rings (SSSR count). The van der Waals surface area contributed by atoms with E-state index in [1.165, 1.54) is 38.9 Å². The standard InChI is InChI=1S/C22H46N4O.HI/c1-6-22(7-2,11-14-27)18-25-21(23-8-3)24-12-9-10-13-26-16-19(4)15-20(5)17-26;/h19-20,27H,6-18H2,1-5H3,(H2,23,24,25);1H. The molecule has 1 fully saturated rings. The second-order valence-electron chi connectivity index (χ2n) is 8.72. The first-order valence-corrected chi connectivity index (χ1v) is 11.3. The average molecular weight is 511 g/mol. The van der Waals surface area contributed by atoms with Crippen LogP contribution in [0.1, 0.15) is 73.1 Å². The van der Waals surface area contributed by atoms with Crippen molar-refractivity contribution in [3.63, 3.8) is 0 Å². The summed E-state index contributed by atoms with van der Waals surface area (Å²) in [5.41, 5.74) is 0.124. The summed E-state index contributed by atoms with van der Waals surface area (Å²) in [6.07, 6.45) is 6.74. The molecular weight excluding hydrogens is 463 g/mol. The van der Waals surface area contributed by atoms with Gasteiger partial charge in [0.1, 0.15) is 0 Å². The SMILES string of the molecule is CCNC(=NCC(CC)(CC)CCO)NCCCCN1CC(C)CC(C)C1.I. The molecule has 0 bridgehead atoms. The van der Waals surface area contributed by atoms with Crippen molar-refractivity contribution in [2.24, 2.45) is 22.2 Å².